The summed E-state index contributed by atoms with van der Waals surface area (Å²) in [5.74, 6) is 2.04. The van der Waals surface area contributed by atoms with Crippen LogP contribution in [0.25, 0.3) is 27.7 Å². The summed E-state index contributed by atoms with van der Waals surface area (Å²) in [6.07, 6.45) is 10.7. The van der Waals surface area contributed by atoms with E-state index in [1.165, 1.54) is 6.42 Å². The highest BCUT2D eigenvalue weighted by molar-refractivity contribution is 6.01. The number of nitrogens with one attached hydrogen (secondary N) is 1. The maximum absolute atomic E-state index is 6.18. The van der Waals surface area contributed by atoms with Crippen molar-refractivity contribution in [2.75, 3.05) is 37.4 Å². The molecule has 3 aliphatic heterocycles. The number of fused-ring (bicyclic) bond motifs is 5. The molecule has 186 valence electrons. The van der Waals surface area contributed by atoms with Gasteiger partial charge in [0, 0.05) is 61.2 Å². The zero-order chi connectivity index (χ0) is 24.8. The topological polar surface area (TPSA) is 113 Å². The Balaban J connectivity index is 1.16. The standard InChI is InChI=1S/C26H31N9O/c1-4-24(36-3)29-9-16(2)12-34-19-8-20(34)15-33(14-19)23-6-5-17(10-28-23)21-7-18(27)13-35-25(21)22-11-30-31-26(22)32-35/h4-7,9-11,13,16,19-20H,8,12,14-15,27H2,1-3H3,(H,31,32)/b24-4+,29-9-/t16-,19?,20?/m0/s1. The van der Waals surface area contributed by atoms with Crippen LogP contribution >= 0.6 is 0 Å². The number of methoxy groups -OCH3 is 1. The van der Waals surface area contributed by atoms with Crippen molar-refractivity contribution in [1.82, 2.24) is 29.7 Å². The monoisotopic (exact) mass is 485 g/mol. The molecule has 0 spiro atoms. The Morgan fingerprint density at radius 2 is 2.14 bits per heavy atom. The van der Waals surface area contributed by atoms with Crippen molar-refractivity contribution in [2.45, 2.75) is 32.4 Å². The summed E-state index contributed by atoms with van der Waals surface area (Å²) in [6, 6.07) is 7.33. The van der Waals surface area contributed by atoms with E-state index in [-0.39, 0.29) is 0 Å². The predicted molar refractivity (Wildman–Crippen MR) is 142 cm³/mol. The van der Waals surface area contributed by atoms with Gasteiger partial charge in [-0.1, -0.05) is 6.92 Å². The van der Waals surface area contributed by atoms with Gasteiger partial charge in [-0.3, -0.25) is 10.00 Å². The number of nitrogens with two attached hydrogens (primary N) is 1. The van der Waals surface area contributed by atoms with Crippen molar-refractivity contribution in [2.24, 2.45) is 10.9 Å². The Bertz CT molecular complexity index is 1440. The molecule has 3 fully saturated rings. The van der Waals surface area contributed by atoms with E-state index in [9.17, 15) is 0 Å². The van der Waals surface area contributed by atoms with E-state index < -0.39 is 0 Å². The van der Waals surface area contributed by atoms with Gasteiger partial charge in [-0.25, -0.2) is 14.5 Å². The Kier molecular flexibility index (Phi) is 5.60. The van der Waals surface area contributed by atoms with Gasteiger partial charge in [0.05, 0.1) is 36.1 Å². The third kappa shape index (κ3) is 3.87. The number of aromatic nitrogens is 5. The van der Waals surface area contributed by atoms with Gasteiger partial charge < -0.3 is 15.4 Å². The average molecular weight is 486 g/mol. The summed E-state index contributed by atoms with van der Waals surface area (Å²) < 4.78 is 7.04. The molecule has 2 bridgehead atoms. The number of aromatic amines is 1. The first-order chi connectivity index (χ1) is 17.5. The molecule has 7 rings (SSSR count). The summed E-state index contributed by atoms with van der Waals surface area (Å²) in [4.78, 5) is 14.3. The predicted octanol–water partition coefficient (Wildman–Crippen LogP) is 3.33. The highest BCUT2D eigenvalue weighted by atomic mass is 16.5. The van der Waals surface area contributed by atoms with Crippen LogP contribution in [0.2, 0.25) is 0 Å². The number of hydrogen-bond donors (Lipinski definition) is 2. The molecular formula is C26H31N9O. The molecule has 0 radical (unpaired) electrons. The number of rotatable bonds is 7. The number of piperidine rings is 1. The van der Waals surface area contributed by atoms with Gasteiger partial charge in [-0.15, -0.1) is 5.10 Å². The van der Waals surface area contributed by atoms with Gasteiger partial charge in [-0.05, 0) is 37.6 Å². The first-order valence-corrected chi connectivity index (χ1v) is 12.4. The molecule has 10 nitrogen and oxygen atoms in total. The van der Waals surface area contributed by atoms with Crippen LogP contribution in [0, 0.1) is 5.92 Å². The maximum atomic E-state index is 6.18. The summed E-state index contributed by atoms with van der Waals surface area (Å²) in [5, 5.41) is 12.6. The van der Waals surface area contributed by atoms with Crippen molar-refractivity contribution in [1.29, 1.82) is 0 Å². The van der Waals surface area contributed by atoms with Gasteiger partial charge in [0.2, 0.25) is 5.88 Å². The molecule has 2 unspecified atom stereocenters. The SMILES string of the molecule is C/C=C(\N=C/[C@H](C)CN1C2CC1CN(c1ccc(-c3cc(N)cn4nc5[nH]ncc5c34)cn1)C2)OC. The van der Waals surface area contributed by atoms with E-state index in [0.29, 0.717) is 29.6 Å². The van der Waals surface area contributed by atoms with Gasteiger partial charge in [0.1, 0.15) is 5.82 Å². The normalized spacial score (nSPS) is 21.4. The highest BCUT2D eigenvalue weighted by Gasteiger charge is 2.44. The Morgan fingerprint density at radius 1 is 1.31 bits per heavy atom. The number of nitrogens with zero attached hydrogens (tertiary/aromatic N) is 7. The smallest absolute Gasteiger partial charge is 0.208 e. The third-order valence-corrected chi connectivity index (χ3v) is 7.29. The molecule has 0 saturated carbocycles. The van der Waals surface area contributed by atoms with Gasteiger partial charge in [0.25, 0.3) is 0 Å². The van der Waals surface area contributed by atoms with E-state index in [1.54, 1.807) is 13.3 Å². The Labute approximate surface area is 209 Å². The molecule has 4 aromatic rings. The second-order valence-electron chi connectivity index (χ2n) is 9.75. The van der Waals surface area contributed by atoms with Crippen LogP contribution < -0.4 is 10.6 Å². The second kappa shape index (κ2) is 8.94. The number of pyridine rings is 2. The lowest BCUT2D eigenvalue weighted by Crippen LogP contribution is -2.69. The largest absolute Gasteiger partial charge is 0.481 e. The number of H-pyrrole nitrogens is 1. The van der Waals surface area contributed by atoms with Crippen molar-refractivity contribution in [3.8, 4) is 11.1 Å². The number of ether oxygens (including phenoxy) is 1. The lowest BCUT2D eigenvalue weighted by molar-refractivity contribution is -0.00555. The minimum absolute atomic E-state index is 0.366. The third-order valence-electron chi connectivity index (χ3n) is 7.29. The fraction of sp³-hybridized carbons (Fsp3) is 0.385. The Morgan fingerprint density at radius 3 is 2.86 bits per heavy atom. The molecule has 3 aliphatic rings. The number of piperazine rings is 1. The fourth-order valence-electron chi connectivity index (χ4n) is 5.54. The molecule has 3 N–H and O–H groups in total. The van der Waals surface area contributed by atoms with Crippen LogP contribution in [0.1, 0.15) is 20.3 Å². The van der Waals surface area contributed by atoms with Gasteiger partial charge >= 0.3 is 0 Å². The minimum Gasteiger partial charge on any atom is -0.481 e. The Hall–Kier alpha value is -3.92. The molecule has 7 heterocycles. The zero-order valence-corrected chi connectivity index (χ0v) is 20.8. The average Bonchev–Trinajstić information content (AvgIpc) is 3.48. The van der Waals surface area contributed by atoms with Crippen LogP contribution in [0.4, 0.5) is 11.5 Å². The molecular weight excluding hydrogens is 454 g/mol. The molecule has 10 heteroatoms. The quantitative estimate of drug-likeness (QED) is 0.305. The molecule has 4 aromatic heterocycles. The molecule has 0 aliphatic carbocycles. The van der Waals surface area contributed by atoms with E-state index in [0.717, 1.165) is 53.1 Å². The highest BCUT2D eigenvalue weighted by Crippen LogP contribution is 2.36. The van der Waals surface area contributed by atoms with Gasteiger partial charge in [-0.2, -0.15) is 5.10 Å². The van der Waals surface area contributed by atoms with Crippen LogP contribution in [0.3, 0.4) is 0 Å². The van der Waals surface area contributed by atoms with Crippen LogP contribution in [-0.4, -0.2) is 74.7 Å². The first-order valence-electron chi connectivity index (χ1n) is 12.4. The number of nitrogen functional groups attached to an aromatic ring is 1. The molecule has 0 amide bonds. The summed E-state index contributed by atoms with van der Waals surface area (Å²) >= 11 is 0. The molecule has 36 heavy (non-hydrogen) atoms. The van der Waals surface area contributed by atoms with Crippen LogP contribution in [0.15, 0.2) is 53.7 Å². The van der Waals surface area contributed by atoms with E-state index >= 15 is 0 Å². The van der Waals surface area contributed by atoms with Crippen molar-refractivity contribution < 1.29 is 4.74 Å². The van der Waals surface area contributed by atoms with Crippen molar-refractivity contribution in [3.63, 3.8) is 0 Å². The summed E-state index contributed by atoms with van der Waals surface area (Å²) in [7, 11) is 1.65. The lowest BCUT2D eigenvalue weighted by atomic mass is 9.86. The number of anilines is 2. The summed E-state index contributed by atoms with van der Waals surface area (Å²) in [6.45, 7) is 7.14. The molecule has 3 saturated heterocycles. The maximum Gasteiger partial charge on any atom is 0.208 e. The second-order valence-corrected chi connectivity index (χ2v) is 9.75. The minimum atomic E-state index is 0.366. The first kappa shape index (κ1) is 22.5. The number of allylic oxidation sites excluding steroid dienone is 1. The fourth-order valence-corrected chi connectivity index (χ4v) is 5.54. The number of hydrogen-bond acceptors (Lipinski definition) is 8. The zero-order valence-electron chi connectivity index (χ0n) is 20.8. The molecule has 3 atom stereocenters. The number of aliphatic imine (C=N–C) groups is 1. The van der Waals surface area contributed by atoms with Crippen molar-refractivity contribution >= 4 is 34.3 Å². The van der Waals surface area contributed by atoms with E-state index in [4.69, 9.17) is 15.5 Å². The van der Waals surface area contributed by atoms with E-state index in [2.05, 4.69) is 49.1 Å². The van der Waals surface area contributed by atoms with Crippen LogP contribution in [-0.2, 0) is 4.74 Å². The summed E-state index contributed by atoms with van der Waals surface area (Å²) in [5.41, 5.74) is 10.5. The molecule has 0 aromatic carbocycles. The van der Waals surface area contributed by atoms with Crippen LogP contribution in [0.5, 0.6) is 0 Å². The lowest BCUT2D eigenvalue weighted by Gasteiger charge is -2.57. The van der Waals surface area contributed by atoms with E-state index in [1.807, 2.05) is 42.2 Å². The van der Waals surface area contributed by atoms with Gasteiger partial charge in [0.15, 0.2) is 5.65 Å². The van der Waals surface area contributed by atoms with Crippen molar-refractivity contribution in [3.05, 3.63) is 48.7 Å².